The summed E-state index contributed by atoms with van der Waals surface area (Å²) in [5.41, 5.74) is 1.06. The number of hydrogen-bond acceptors (Lipinski definition) is 4. The van der Waals surface area contributed by atoms with Crippen LogP contribution in [0.2, 0.25) is 0 Å². The maximum atomic E-state index is 12.3. The Morgan fingerprint density at radius 2 is 1.95 bits per heavy atom. The van der Waals surface area contributed by atoms with Gasteiger partial charge in [-0.3, -0.25) is 14.4 Å². The summed E-state index contributed by atoms with van der Waals surface area (Å²) in [6.07, 6.45) is 1.40. The normalized spacial score (nSPS) is 15.9. The molecule has 1 aliphatic rings. The smallest absolute Gasteiger partial charge is 0.243 e. The number of ketones is 1. The fourth-order valence-corrected chi connectivity index (χ4v) is 2.36. The molecule has 1 fully saturated rings. The summed E-state index contributed by atoms with van der Waals surface area (Å²) in [6.45, 7) is -0.156. The zero-order chi connectivity index (χ0) is 15.0. The van der Waals surface area contributed by atoms with Crippen LogP contribution >= 0.6 is 0 Å². The summed E-state index contributed by atoms with van der Waals surface area (Å²) in [7, 11) is 1.57. The first-order valence-electron chi connectivity index (χ1n) is 6.57. The number of rotatable bonds is 3. The second-order valence-electron chi connectivity index (χ2n) is 5.07. The van der Waals surface area contributed by atoms with Crippen LogP contribution in [0.1, 0.15) is 10.4 Å². The van der Waals surface area contributed by atoms with E-state index in [0.717, 1.165) is 5.39 Å². The lowest BCUT2D eigenvalue weighted by Gasteiger charge is -2.31. The number of likely N-dealkylation sites (N-methyl/N-ethyl adjacent to an activating group) is 1. The van der Waals surface area contributed by atoms with Gasteiger partial charge in [-0.25, -0.2) is 0 Å². The van der Waals surface area contributed by atoms with Crippen molar-refractivity contribution < 1.29 is 18.8 Å². The molecule has 0 radical (unpaired) electrons. The summed E-state index contributed by atoms with van der Waals surface area (Å²) in [4.78, 5) is 38.5. The number of amides is 2. The molecule has 2 aromatic rings. The average Bonchev–Trinajstić information content (AvgIpc) is 2.88. The highest BCUT2D eigenvalue weighted by Gasteiger charge is 2.29. The molecule has 0 aliphatic carbocycles. The first-order chi connectivity index (χ1) is 10.1. The number of para-hydroxylation sites is 1. The third-order valence-electron chi connectivity index (χ3n) is 3.59. The number of Topliss-reactive ketones (excluding diaryl/α,β-unsaturated/α-hetero) is 1. The van der Waals surface area contributed by atoms with Gasteiger partial charge in [-0.1, -0.05) is 18.2 Å². The molecule has 0 saturated carbocycles. The Bertz CT molecular complexity index is 734. The highest BCUT2D eigenvalue weighted by molar-refractivity contribution is 6.09. The maximum Gasteiger partial charge on any atom is 0.243 e. The second kappa shape index (κ2) is 5.05. The van der Waals surface area contributed by atoms with Crippen molar-refractivity contribution in [3.63, 3.8) is 0 Å². The molecule has 1 saturated heterocycles. The minimum absolute atomic E-state index is 0.0122. The predicted octanol–water partition coefficient (Wildman–Crippen LogP) is 0.916. The summed E-state index contributed by atoms with van der Waals surface area (Å²) in [5, 5.41) is 0.718. The Morgan fingerprint density at radius 3 is 2.76 bits per heavy atom. The van der Waals surface area contributed by atoms with Crippen molar-refractivity contribution >= 4 is 28.6 Å². The van der Waals surface area contributed by atoms with E-state index in [9.17, 15) is 14.4 Å². The van der Waals surface area contributed by atoms with E-state index in [2.05, 4.69) is 0 Å². The van der Waals surface area contributed by atoms with Crippen molar-refractivity contribution in [1.29, 1.82) is 0 Å². The van der Waals surface area contributed by atoms with Gasteiger partial charge >= 0.3 is 0 Å². The molecular formula is C15H14N2O4. The molecule has 0 unspecified atom stereocenters. The molecule has 2 amide bonds. The van der Waals surface area contributed by atoms with Gasteiger partial charge in [0, 0.05) is 12.4 Å². The van der Waals surface area contributed by atoms with Gasteiger partial charge in [0.1, 0.15) is 18.4 Å². The van der Waals surface area contributed by atoms with E-state index in [1.54, 1.807) is 19.2 Å². The topological polar surface area (TPSA) is 70.8 Å². The molecule has 1 aromatic carbocycles. The number of carbonyl (C=O) groups excluding carboxylic acids is 3. The first kappa shape index (κ1) is 13.4. The largest absolute Gasteiger partial charge is 0.464 e. The minimum atomic E-state index is -0.231. The van der Waals surface area contributed by atoms with E-state index in [-0.39, 0.29) is 37.2 Å². The number of carbonyl (C=O) groups is 3. The van der Waals surface area contributed by atoms with Crippen LogP contribution in [0.3, 0.4) is 0 Å². The monoisotopic (exact) mass is 286 g/mol. The van der Waals surface area contributed by atoms with Gasteiger partial charge in [-0.2, -0.15) is 0 Å². The molecule has 0 bridgehead atoms. The molecular weight excluding hydrogens is 272 g/mol. The summed E-state index contributed by atoms with van der Waals surface area (Å²) in [5.74, 6) is -0.622. The number of fused-ring (bicyclic) bond motifs is 1. The molecule has 0 spiro atoms. The van der Waals surface area contributed by atoms with E-state index in [1.165, 1.54) is 16.1 Å². The lowest BCUT2D eigenvalue weighted by molar-refractivity contribution is -0.148. The number of benzene rings is 1. The van der Waals surface area contributed by atoms with Crippen LogP contribution in [0.25, 0.3) is 11.0 Å². The van der Waals surface area contributed by atoms with Crippen LogP contribution in [0.4, 0.5) is 0 Å². The number of piperazine rings is 1. The Morgan fingerprint density at radius 1 is 1.19 bits per heavy atom. The SMILES string of the molecule is CN1CC(=O)N(CC(=O)c2coc3ccccc23)CC1=O. The fourth-order valence-electron chi connectivity index (χ4n) is 2.36. The Hall–Kier alpha value is -2.63. The van der Waals surface area contributed by atoms with Gasteiger partial charge in [0.15, 0.2) is 5.78 Å². The highest BCUT2D eigenvalue weighted by atomic mass is 16.3. The highest BCUT2D eigenvalue weighted by Crippen LogP contribution is 2.21. The molecule has 2 heterocycles. The van der Waals surface area contributed by atoms with Crippen LogP contribution in [0.5, 0.6) is 0 Å². The van der Waals surface area contributed by atoms with Crippen molar-refractivity contribution in [3.05, 3.63) is 36.1 Å². The van der Waals surface area contributed by atoms with Crippen LogP contribution < -0.4 is 0 Å². The molecule has 3 rings (SSSR count). The van der Waals surface area contributed by atoms with Crippen molar-refractivity contribution in [1.82, 2.24) is 9.80 Å². The zero-order valence-electron chi connectivity index (χ0n) is 11.5. The molecule has 0 N–H and O–H groups in total. The standard InChI is InChI=1S/C15H14N2O4/c1-16-7-15(20)17(8-14(16)19)6-12(18)11-9-21-13-5-3-2-4-10(11)13/h2-5,9H,6-8H2,1H3. The molecule has 6 nitrogen and oxygen atoms in total. The lowest BCUT2D eigenvalue weighted by atomic mass is 10.1. The Kier molecular flexibility index (Phi) is 3.21. The van der Waals surface area contributed by atoms with Gasteiger partial charge in [0.2, 0.25) is 11.8 Å². The van der Waals surface area contributed by atoms with Crippen molar-refractivity contribution in [2.75, 3.05) is 26.7 Å². The molecule has 1 aromatic heterocycles. The first-order valence-corrected chi connectivity index (χ1v) is 6.57. The quantitative estimate of drug-likeness (QED) is 0.787. The van der Waals surface area contributed by atoms with Crippen molar-refractivity contribution in [3.8, 4) is 0 Å². The second-order valence-corrected chi connectivity index (χ2v) is 5.07. The molecule has 108 valence electrons. The van der Waals surface area contributed by atoms with Crippen LogP contribution in [0, 0.1) is 0 Å². The van der Waals surface area contributed by atoms with Gasteiger partial charge in [0.25, 0.3) is 0 Å². The van der Waals surface area contributed by atoms with Crippen LogP contribution in [-0.2, 0) is 9.59 Å². The van der Waals surface area contributed by atoms with E-state index in [0.29, 0.717) is 11.1 Å². The van der Waals surface area contributed by atoms with Gasteiger partial charge in [0.05, 0.1) is 18.7 Å². The minimum Gasteiger partial charge on any atom is -0.464 e. The number of hydrogen-bond donors (Lipinski definition) is 0. The maximum absolute atomic E-state index is 12.3. The van der Waals surface area contributed by atoms with Gasteiger partial charge in [-0.15, -0.1) is 0 Å². The Balaban J connectivity index is 1.80. The van der Waals surface area contributed by atoms with Crippen molar-refractivity contribution in [2.24, 2.45) is 0 Å². The van der Waals surface area contributed by atoms with E-state index in [4.69, 9.17) is 4.42 Å². The molecule has 21 heavy (non-hydrogen) atoms. The van der Waals surface area contributed by atoms with E-state index in [1.807, 2.05) is 12.1 Å². The lowest BCUT2D eigenvalue weighted by Crippen LogP contribution is -2.53. The van der Waals surface area contributed by atoms with Crippen LogP contribution in [-0.4, -0.2) is 54.1 Å². The summed E-state index contributed by atoms with van der Waals surface area (Å²) < 4.78 is 5.32. The van der Waals surface area contributed by atoms with E-state index >= 15 is 0 Å². The molecule has 0 atom stereocenters. The van der Waals surface area contributed by atoms with E-state index < -0.39 is 0 Å². The number of nitrogens with zero attached hydrogens (tertiary/aromatic N) is 2. The number of furan rings is 1. The Labute approximate surface area is 120 Å². The third kappa shape index (κ3) is 2.40. The predicted molar refractivity (Wildman–Crippen MR) is 74.8 cm³/mol. The molecule has 1 aliphatic heterocycles. The van der Waals surface area contributed by atoms with Crippen molar-refractivity contribution in [2.45, 2.75) is 0 Å². The van der Waals surface area contributed by atoms with Crippen LogP contribution in [0.15, 0.2) is 34.9 Å². The molecule has 6 heteroatoms. The summed E-state index contributed by atoms with van der Waals surface area (Å²) >= 11 is 0. The third-order valence-corrected chi connectivity index (χ3v) is 3.59. The zero-order valence-corrected chi connectivity index (χ0v) is 11.5. The van der Waals surface area contributed by atoms with Gasteiger partial charge in [-0.05, 0) is 6.07 Å². The summed E-state index contributed by atoms with van der Waals surface area (Å²) in [6, 6.07) is 7.21. The average molecular weight is 286 g/mol. The van der Waals surface area contributed by atoms with Gasteiger partial charge < -0.3 is 14.2 Å². The fraction of sp³-hybridized carbons (Fsp3) is 0.267.